The molecular weight excluding hydrogens is 260 g/mol. The highest BCUT2D eigenvalue weighted by molar-refractivity contribution is 5.78. The Morgan fingerprint density at radius 2 is 2.00 bits per heavy atom. The van der Waals surface area contributed by atoms with Crippen molar-refractivity contribution in [2.75, 3.05) is 33.4 Å². The quantitative estimate of drug-likeness (QED) is 0.776. The van der Waals surface area contributed by atoms with Crippen LogP contribution >= 0.6 is 0 Å². The van der Waals surface area contributed by atoms with E-state index in [4.69, 9.17) is 4.74 Å². The Morgan fingerprint density at radius 3 is 2.50 bits per heavy atom. The van der Waals surface area contributed by atoms with Gasteiger partial charge in [0.2, 0.25) is 0 Å². The van der Waals surface area contributed by atoms with E-state index in [1.807, 2.05) is 0 Å². The van der Waals surface area contributed by atoms with E-state index in [1.165, 1.54) is 0 Å². The Balaban J connectivity index is 2.50. The fourth-order valence-corrected chi connectivity index (χ4v) is 2.29. The molecule has 0 spiro atoms. The molecule has 116 valence electrons. The first-order chi connectivity index (χ1) is 9.41. The first kappa shape index (κ1) is 16.8. The summed E-state index contributed by atoms with van der Waals surface area (Å²) in [7, 11) is 1.74. The fraction of sp³-hybridized carbons (Fsp3) is 0.857. The van der Waals surface area contributed by atoms with E-state index in [9.17, 15) is 14.7 Å². The summed E-state index contributed by atoms with van der Waals surface area (Å²) in [4.78, 5) is 25.1. The van der Waals surface area contributed by atoms with E-state index in [2.05, 4.69) is 19.2 Å². The molecule has 1 heterocycles. The van der Waals surface area contributed by atoms with Gasteiger partial charge < -0.3 is 20.1 Å². The minimum Gasteiger partial charge on any atom is -0.481 e. The molecule has 2 N–H and O–H groups in total. The maximum absolute atomic E-state index is 12.0. The summed E-state index contributed by atoms with van der Waals surface area (Å²) >= 11 is 0. The number of ether oxygens (including phenoxy) is 1. The number of carbonyl (C=O) groups is 2. The molecule has 0 aromatic carbocycles. The van der Waals surface area contributed by atoms with Crippen molar-refractivity contribution in [2.45, 2.75) is 33.1 Å². The Morgan fingerprint density at radius 1 is 1.40 bits per heavy atom. The normalized spacial score (nSPS) is 19.1. The lowest BCUT2D eigenvalue weighted by molar-refractivity contribution is -0.154. The highest BCUT2D eigenvalue weighted by Crippen LogP contribution is 2.30. The maximum atomic E-state index is 12.0. The molecule has 0 saturated carbocycles. The van der Waals surface area contributed by atoms with Gasteiger partial charge in [-0.15, -0.1) is 0 Å². The van der Waals surface area contributed by atoms with Crippen molar-refractivity contribution in [3.63, 3.8) is 0 Å². The molecule has 1 aliphatic rings. The van der Waals surface area contributed by atoms with E-state index >= 15 is 0 Å². The summed E-state index contributed by atoms with van der Waals surface area (Å²) in [6.07, 6.45) is 1.89. The molecule has 0 aliphatic carbocycles. The van der Waals surface area contributed by atoms with Crippen molar-refractivity contribution in [3.8, 4) is 0 Å². The number of carboxylic acids is 1. The van der Waals surface area contributed by atoms with Gasteiger partial charge in [0.25, 0.3) is 0 Å². The van der Waals surface area contributed by atoms with Crippen LogP contribution < -0.4 is 5.32 Å². The molecule has 1 atom stereocenters. The van der Waals surface area contributed by atoms with Crippen molar-refractivity contribution in [1.29, 1.82) is 0 Å². The molecule has 6 nitrogen and oxygen atoms in total. The van der Waals surface area contributed by atoms with Crippen LogP contribution in [0.3, 0.4) is 0 Å². The van der Waals surface area contributed by atoms with E-state index in [1.54, 1.807) is 11.9 Å². The molecule has 6 heteroatoms. The van der Waals surface area contributed by atoms with Crippen LogP contribution in [0.2, 0.25) is 0 Å². The van der Waals surface area contributed by atoms with Crippen LogP contribution in [-0.4, -0.2) is 55.4 Å². The van der Waals surface area contributed by atoms with E-state index in [-0.39, 0.29) is 12.6 Å². The van der Waals surface area contributed by atoms with Gasteiger partial charge in [-0.1, -0.05) is 20.3 Å². The fourth-order valence-electron chi connectivity index (χ4n) is 2.29. The van der Waals surface area contributed by atoms with Crippen LogP contribution in [0.15, 0.2) is 0 Å². The van der Waals surface area contributed by atoms with Crippen molar-refractivity contribution in [3.05, 3.63) is 0 Å². The molecule has 20 heavy (non-hydrogen) atoms. The van der Waals surface area contributed by atoms with Crippen molar-refractivity contribution in [2.24, 2.45) is 11.3 Å². The van der Waals surface area contributed by atoms with Gasteiger partial charge in [0.05, 0.1) is 5.41 Å². The number of urea groups is 1. The van der Waals surface area contributed by atoms with Gasteiger partial charge in [-0.3, -0.25) is 4.79 Å². The standard InChI is InChI=1S/C14H26N2O4/c1-4-11(2)9-16(3)13(19)15-10-14(12(17)18)5-7-20-8-6-14/h11H,4-10H2,1-3H3,(H,15,19)(H,17,18). The van der Waals surface area contributed by atoms with Gasteiger partial charge >= 0.3 is 12.0 Å². The van der Waals surface area contributed by atoms with Gasteiger partial charge in [-0.05, 0) is 18.8 Å². The Bertz CT molecular complexity index is 340. The second-order valence-corrected chi connectivity index (χ2v) is 5.75. The molecule has 1 rings (SSSR count). The van der Waals surface area contributed by atoms with Crippen molar-refractivity contribution in [1.82, 2.24) is 10.2 Å². The second kappa shape index (κ2) is 7.47. The minimum absolute atomic E-state index is 0.162. The number of aliphatic carboxylic acids is 1. The zero-order chi connectivity index (χ0) is 15.2. The average molecular weight is 286 g/mol. The number of hydrogen-bond donors (Lipinski definition) is 2. The summed E-state index contributed by atoms with van der Waals surface area (Å²) in [6.45, 7) is 5.87. The van der Waals surface area contributed by atoms with Gasteiger partial charge in [-0.2, -0.15) is 0 Å². The van der Waals surface area contributed by atoms with Crippen molar-refractivity contribution < 1.29 is 19.4 Å². The Kier molecular flexibility index (Phi) is 6.26. The predicted octanol–water partition coefficient (Wildman–Crippen LogP) is 1.56. The van der Waals surface area contributed by atoms with Crippen LogP contribution in [0.25, 0.3) is 0 Å². The number of nitrogens with zero attached hydrogens (tertiary/aromatic N) is 1. The summed E-state index contributed by atoms with van der Waals surface area (Å²) < 4.78 is 5.21. The molecule has 0 bridgehead atoms. The summed E-state index contributed by atoms with van der Waals surface area (Å²) in [6, 6.07) is -0.211. The van der Waals surface area contributed by atoms with Crippen LogP contribution in [0.4, 0.5) is 4.79 Å². The maximum Gasteiger partial charge on any atom is 0.317 e. The lowest BCUT2D eigenvalue weighted by atomic mass is 9.80. The molecule has 0 aromatic rings. The zero-order valence-electron chi connectivity index (χ0n) is 12.6. The molecule has 0 radical (unpaired) electrons. The summed E-state index contributed by atoms with van der Waals surface area (Å²) in [5, 5.41) is 12.2. The lowest BCUT2D eigenvalue weighted by Gasteiger charge is -2.33. The first-order valence-corrected chi connectivity index (χ1v) is 7.21. The molecule has 1 fully saturated rings. The lowest BCUT2D eigenvalue weighted by Crippen LogP contribution is -2.49. The van der Waals surface area contributed by atoms with Crippen LogP contribution in [0, 0.1) is 11.3 Å². The van der Waals surface area contributed by atoms with Gasteiger partial charge in [0, 0.05) is 33.4 Å². The monoisotopic (exact) mass is 286 g/mol. The molecule has 2 amide bonds. The third-order valence-electron chi connectivity index (χ3n) is 4.11. The number of hydrogen-bond acceptors (Lipinski definition) is 3. The topological polar surface area (TPSA) is 78.9 Å². The average Bonchev–Trinajstić information content (AvgIpc) is 2.45. The van der Waals surface area contributed by atoms with Crippen molar-refractivity contribution >= 4 is 12.0 Å². The van der Waals surface area contributed by atoms with Crippen LogP contribution in [-0.2, 0) is 9.53 Å². The van der Waals surface area contributed by atoms with Gasteiger partial charge in [0.1, 0.15) is 0 Å². The van der Waals surface area contributed by atoms with Crippen LogP contribution in [0.5, 0.6) is 0 Å². The van der Waals surface area contributed by atoms with E-state index in [0.29, 0.717) is 38.5 Å². The largest absolute Gasteiger partial charge is 0.481 e. The molecular formula is C14H26N2O4. The SMILES string of the molecule is CCC(C)CN(C)C(=O)NCC1(C(=O)O)CCOCC1. The zero-order valence-corrected chi connectivity index (χ0v) is 12.6. The smallest absolute Gasteiger partial charge is 0.317 e. The highest BCUT2D eigenvalue weighted by atomic mass is 16.5. The second-order valence-electron chi connectivity index (χ2n) is 5.75. The molecule has 1 aliphatic heterocycles. The van der Waals surface area contributed by atoms with Gasteiger partial charge in [-0.25, -0.2) is 4.79 Å². The summed E-state index contributed by atoms with van der Waals surface area (Å²) in [5.41, 5.74) is -0.884. The number of rotatable bonds is 6. The first-order valence-electron chi connectivity index (χ1n) is 7.21. The van der Waals surface area contributed by atoms with Gasteiger partial charge in [0.15, 0.2) is 0 Å². The van der Waals surface area contributed by atoms with E-state index in [0.717, 1.165) is 6.42 Å². The molecule has 1 unspecified atom stereocenters. The number of carbonyl (C=O) groups excluding carboxylic acids is 1. The third kappa shape index (κ3) is 4.37. The number of amides is 2. The van der Waals surface area contributed by atoms with E-state index < -0.39 is 11.4 Å². The highest BCUT2D eigenvalue weighted by Gasteiger charge is 2.40. The Labute approximate surface area is 120 Å². The Hall–Kier alpha value is -1.30. The number of carboxylic acid groups (broad SMARTS) is 1. The van der Waals surface area contributed by atoms with Crippen LogP contribution in [0.1, 0.15) is 33.1 Å². The minimum atomic E-state index is -0.884. The third-order valence-corrected chi connectivity index (χ3v) is 4.11. The number of nitrogens with one attached hydrogen (secondary N) is 1. The summed E-state index contributed by atoms with van der Waals surface area (Å²) in [5.74, 6) is -0.423. The predicted molar refractivity (Wildman–Crippen MR) is 75.6 cm³/mol. The molecule has 0 aromatic heterocycles. The molecule has 1 saturated heterocycles.